The van der Waals surface area contributed by atoms with Crippen molar-refractivity contribution < 1.29 is 22.0 Å². The standard InChI is InChI=1S/C10H10F5N/c11-7-3-6(4-8(12)5-7)1-2-9(16)10(13,14)15/h3-5,9H,1-2,16H2. The highest BCUT2D eigenvalue weighted by Gasteiger charge is 2.35. The second-order valence-electron chi connectivity index (χ2n) is 3.46. The van der Waals surface area contributed by atoms with Crippen LogP contribution in [0.3, 0.4) is 0 Å². The van der Waals surface area contributed by atoms with Crippen LogP contribution in [0.15, 0.2) is 18.2 Å². The van der Waals surface area contributed by atoms with Gasteiger partial charge < -0.3 is 5.73 Å². The molecule has 1 unspecified atom stereocenters. The van der Waals surface area contributed by atoms with Crippen LogP contribution in [-0.2, 0) is 6.42 Å². The lowest BCUT2D eigenvalue weighted by atomic mass is 10.1. The Morgan fingerprint density at radius 2 is 1.56 bits per heavy atom. The van der Waals surface area contributed by atoms with Crippen LogP contribution in [0.25, 0.3) is 0 Å². The minimum atomic E-state index is -4.48. The molecule has 0 heterocycles. The summed E-state index contributed by atoms with van der Waals surface area (Å²) in [6.45, 7) is 0. The van der Waals surface area contributed by atoms with Gasteiger partial charge in [-0.05, 0) is 30.5 Å². The molecule has 0 aliphatic carbocycles. The maximum Gasteiger partial charge on any atom is 0.403 e. The van der Waals surface area contributed by atoms with Gasteiger partial charge in [-0.1, -0.05) is 0 Å². The van der Waals surface area contributed by atoms with Crippen LogP contribution in [-0.4, -0.2) is 12.2 Å². The summed E-state index contributed by atoms with van der Waals surface area (Å²) in [6, 6.07) is 0.671. The van der Waals surface area contributed by atoms with E-state index in [2.05, 4.69) is 0 Å². The second-order valence-corrected chi connectivity index (χ2v) is 3.46. The van der Waals surface area contributed by atoms with E-state index in [0.29, 0.717) is 6.07 Å². The Morgan fingerprint density at radius 1 is 1.06 bits per heavy atom. The first kappa shape index (κ1) is 12.9. The highest BCUT2D eigenvalue weighted by molar-refractivity contribution is 5.18. The molecule has 1 rings (SSSR count). The minimum Gasteiger partial charge on any atom is -0.320 e. The van der Waals surface area contributed by atoms with Crippen LogP contribution in [0, 0.1) is 11.6 Å². The van der Waals surface area contributed by atoms with E-state index in [-0.39, 0.29) is 12.0 Å². The van der Waals surface area contributed by atoms with Crippen LogP contribution >= 0.6 is 0 Å². The third-order valence-electron chi connectivity index (χ3n) is 2.09. The SMILES string of the molecule is NC(CCc1cc(F)cc(F)c1)C(F)(F)F. The van der Waals surface area contributed by atoms with Gasteiger partial charge in [-0.15, -0.1) is 0 Å². The van der Waals surface area contributed by atoms with Crippen molar-refractivity contribution >= 4 is 0 Å². The molecule has 0 saturated heterocycles. The predicted octanol–water partition coefficient (Wildman–Crippen LogP) is 2.79. The number of hydrogen-bond donors (Lipinski definition) is 1. The number of hydrogen-bond acceptors (Lipinski definition) is 1. The van der Waals surface area contributed by atoms with Gasteiger partial charge in [0.25, 0.3) is 0 Å². The first-order valence-corrected chi connectivity index (χ1v) is 4.56. The molecule has 0 aliphatic rings. The average molecular weight is 239 g/mol. The van der Waals surface area contributed by atoms with Gasteiger partial charge in [0.15, 0.2) is 0 Å². The Balaban J connectivity index is 2.61. The smallest absolute Gasteiger partial charge is 0.320 e. The largest absolute Gasteiger partial charge is 0.403 e. The van der Waals surface area contributed by atoms with E-state index in [1.165, 1.54) is 0 Å². The lowest BCUT2D eigenvalue weighted by Gasteiger charge is -2.15. The van der Waals surface area contributed by atoms with Gasteiger partial charge >= 0.3 is 6.18 Å². The number of aryl methyl sites for hydroxylation is 1. The second kappa shape index (κ2) is 4.78. The van der Waals surface area contributed by atoms with Gasteiger partial charge in [-0.3, -0.25) is 0 Å². The number of halogens is 5. The maximum absolute atomic E-state index is 12.7. The monoisotopic (exact) mass is 239 g/mol. The Bertz CT molecular complexity index is 340. The van der Waals surface area contributed by atoms with Gasteiger partial charge in [0.05, 0.1) is 0 Å². The molecule has 0 amide bonds. The summed E-state index contributed by atoms with van der Waals surface area (Å²) in [5, 5.41) is 0. The lowest BCUT2D eigenvalue weighted by Crippen LogP contribution is -2.37. The van der Waals surface area contributed by atoms with Crippen LogP contribution < -0.4 is 5.73 Å². The minimum absolute atomic E-state index is 0.116. The molecule has 1 nitrogen and oxygen atoms in total. The molecule has 16 heavy (non-hydrogen) atoms. The van der Waals surface area contributed by atoms with E-state index in [4.69, 9.17) is 5.73 Å². The fourth-order valence-electron chi connectivity index (χ4n) is 1.24. The van der Waals surface area contributed by atoms with Crippen LogP contribution in [0.4, 0.5) is 22.0 Å². The highest BCUT2D eigenvalue weighted by atomic mass is 19.4. The van der Waals surface area contributed by atoms with E-state index in [1.54, 1.807) is 0 Å². The molecule has 1 aromatic carbocycles. The number of benzene rings is 1. The molecule has 0 aliphatic heterocycles. The molecule has 0 aromatic heterocycles. The molecular weight excluding hydrogens is 229 g/mol. The highest BCUT2D eigenvalue weighted by Crippen LogP contribution is 2.22. The quantitative estimate of drug-likeness (QED) is 0.806. The molecule has 90 valence electrons. The van der Waals surface area contributed by atoms with Crippen molar-refractivity contribution in [3.8, 4) is 0 Å². The van der Waals surface area contributed by atoms with Gasteiger partial charge in [0.1, 0.15) is 17.7 Å². The van der Waals surface area contributed by atoms with Gasteiger partial charge in [0, 0.05) is 6.07 Å². The summed E-state index contributed by atoms with van der Waals surface area (Å²) in [6.07, 6.45) is -4.99. The van der Waals surface area contributed by atoms with E-state index >= 15 is 0 Å². The van der Waals surface area contributed by atoms with Crippen molar-refractivity contribution in [3.05, 3.63) is 35.4 Å². The zero-order valence-electron chi connectivity index (χ0n) is 8.19. The van der Waals surface area contributed by atoms with Crippen molar-refractivity contribution in [1.82, 2.24) is 0 Å². The fraction of sp³-hybridized carbons (Fsp3) is 0.400. The Hall–Kier alpha value is -1.17. The van der Waals surface area contributed by atoms with Crippen LogP contribution in [0.1, 0.15) is 12.0 Å². The first-order valence-electron chi connectivity index (χ1n) is 4.56. The Kier molecular flexibility index (Phi) is 3.85. The molecule has 0 fully saturated rings. The number of rotatable bonds is 3. The third kappa shape index (κ3) is 3.77. The van der Waals surface area contributed by atoms with Crippen molar-refractivity contribution in [2.24, 2.45) is 5.73 Å². The summed E-state index contributed by atoms with van der Waals surface area (Å²) in [4.78, 5) is 0. The lowest BCUT2D eigenvalue weighted by molar-refractivity contribution is -0.148. The molecule has 1 atom stereocenters. The summed E-state index contributed by atoms with van der Waals surface area (Å²) < 4.78 is 61.5. The zero-order valence-corrected chi connectivity index (χ0v) is 8.19. The molecule has 0 spiro atoms. The van der Waals surface area contributed by atoms with Crippen LogP contribution in [0.2, 0.25) is 0 Å². The molecular formula is C10H10F5N. The van der Waals surface area contributed by atoms with Crippen LogP contribution in [0.5, 0.6) is 0 Å². The predicted molar refractivity (Wildman–Crippen MR) is 48.7 cm³/mol. The van der Waals surface area contributed by atoms with Crippen molar-refractivity contribution in [3.63, 3.8) is 0 Å². The first-order chi connectivity index (χ1) is 7.29. The van der Waals surface area contributed by atoms with E-state index in [9.17, 15) is 22.0 Å². The van der Waals surface area contributed by atoms with E-state index < -0.39 is 30.3 Å². The maximum atomic E-state index is 12.7. The summed E-state index contributed by atoms with van der Waals surface area (Å²) in [5.41, 5.74) is 5.03. The molecule has 0 radical (unpaired) electrons. The zero-order chi connectivity index (χ0) is 12.3. The molecule has 0 bridgehead atoms. The van der Waals surface area contributed by atoms with Crippen molar-refractivity contribution in [1.29, 1.82) is 0 Å². The van der Waals surface area contributed by atoms with Gasteiger partial charge in [-0.2, -0.15) is 13.2 Å². The Labute approximate surface area is 89.1 Å². The third-order valence-corrected chi connectivity index (χ3v) is 2.09. The molecule has 2 N–H and O–H groups in total. The van der Waals surface area contributed by atoms with Gasteiger partial charge in [0.2, 0.25) is 0 Å². The molecule has 0 saturated carbocycles. The van der Waals surface area contributed by atoms with Gasteiger partial charge in [-0.25, -0.2) is 8.78 Å². The number of nitrogens with two attached hydrogens (primary N) is 1. The fourth-order valence-corrected chi connectivity index (χ4v) is 1.24. The number of alkyl halides is 3. The summed E-state index contributed by atoms with van der Waals surface area (Å²) >= 11 is 0. The summed E-state index contributed by atoms with van der Waals surface area (Å²) in [5.74, 6) is -1.62. The summed E-state index contributed by atoms with van der Waals surface area (Å²) in [7, 11) is 0. The molecule has 6 heteroatoms. The van der Waals surface area contributed by atoms with Crippen molar-refractivity contribution in [2.75, 3.05) is 0 Å². The average Bonchev–Trinajstić information content (AvgIpc) is 2.11. The van der Waals surface area contributed by atoms with E-state index in [1.807, 2.05) is 0 Å². The molecule has 1 aromatic rings. The normalized spacial score (nSPS) is 13.9. The topological polar surface area (TPSA) is 26.0 Å². The van der Waals surface area contributed by atoms with E-state index in [0.717, 1.165) is 12.1 Å². The van der Waals surface area contributed by atoms with Crippen molar-refractivity contribution in [2.45, 2.75) is 25.1 Å². The Morgan fingerprint density at radius 3 is 2.00 bits per heavy atom.